The van der Waals surface area contributed by atoms with Crippen LogP contribution in [0.15, 0.2) is 83.8 Å². The first-order chi connectivity index (χ1) is 17.7. The van der Waals surface area contributed by atoms with E-state index in [-0.39, 0.29) is 17.3 Å². The van der Waals surface area contributed by atoms with Gasteiger partial charge in [-0.25, -0.2) is 8.42 Å². The van der Waals surface area contributed by atoms with Gasteiger partial charge in [0.25, 0.3) is 10.0 Å². The number of likely N-dealkylation sites (N-methyl/N-ethyl adjacent to an activating group) is 1. The second-order valence-corrected chi connectivity index (χ2v) is 10.8. The zero-order valence-corrected chi connectivity index (χ0v) is 22.7. The number of amides is 2. The van der Waals surface area contributed by atoms with Crippen LogP contribution < -0.4 is 9.62 Å². The first-order valence-electron chi connectivity index (χ1n) is 12.4. The Balaban J connectivity index is 2.02. The third-order valence-corrected chi connectivity index (χ3v) is 8.12. The van der Waals surface area contributed by atoms with Crippen molar-refractivity contribution in [1.82, 2.24) is 10.2 Å². The lowest BCUT2D eigenvalue weighted by atomic mass is 10.1. The molecule has 0 aliphatic rings. The van der Waals surface area contributed by atoms with Crippen LogP contribution >= 0.6 is 0 Å². The van der Waals surface area contributed by atoms with Gasteiger partial charge in [0.1, 0.15) is 12.6 Å². The van der Waals surface area contributed by atoms with Crippen molar-refractivity contribution in [1.29, 1.82) is 0 Å². The molecule has 3 rings (SSSR count). The summed E-state index contributed by atoms with van der Waals surface area (Å²) in [6, 6.07) is 22.5. The molecule has 1 N–H and O–H groups in total. The number of hydrogen-bond acceptors (Lipinski definition) is 4. The number of sulfonamides is 1. The van der Waals surface area contributed by atoms with Crippen molar-refractivity contribution in [3.05, 3.63) is 95.6 Å². The van der Waals surface area contributed by atoms with E-state index >= 15 is 0 Å². The number of hydrogen-bond donors (Lipinski definition) is 1. The molecular formula is C29H35N3O4S. The van der Waals surface area contributed by atoms with Gasteiger partial charge in [0.05, 0.1) is 10.6 Å². The van der Waals surface area contributed by atoms with Crippen molar-refractivity contribution in [3.63, 3.8) is 0 Å². The molecule has 0 unspecified atom stereocenters. The summed E-state index contributed by atoms with van der Waals surface area (Å²) in [4.78, 5) is 28.2. The fourth-order valence-corrected chi connectivity index (χ4v) is 5.88. The molecule has 196 valence electrons. The second-order valence-electron chi connectivity index (χ2n) is 8.98. The number of carbonyl (C=O) groups excluding carboxylic acids is 2. The van der Waals surface area contributed by atoms with Crippen molar-refractivity contribution in [3.8, 4) is 0 Å². The van der Waals surface area contributed by atoms with E-state index in [0.717, 1.165) is 21.0 Å². The number of nitrogens with one attached hydrogen (secondary N) is 1. The highest BCUT2D eigenvalue weighted by atomic mass is 32.2. The summed E-state index contributed by atoms with van der Waals surface area (Å²) >= 11 is 0. The van der Waals surface area contributed by atoms with E-state index in [0.29, 0.717) is 18.5 Å². The molecule has 0 bridgehead atoms. The van der Waals surface area contributed by atoms with Gasteiger partial charge in [0.15, 0.2) is 0 Å². The largest absolute Gasteiger partial charge is 0.357 e. The lowest BCUT2D eigenvalue weighted by molar-refractivity contribution is -0.139. The molecule has 37 heavy (non-hydrogen) atoms. The molecule has 0 aromatic heterocycles. The number of aryl methyl sites for hydroxylation is 2. The molecule has 3 aromatic carbocycles. The average molecular weight is 522 g/mol. The van der Waals surface area contributed by atoms with Crippen molar-refractivity contribution >= 4 is 27.5 Å². The Hall–Kier alpha value is -3.65. The average Bonchev–Trinajstić information content (AvgIpc) is 2.90. The monoisotopic (exact) mass is 521 g/mol. The quantitative estimate of drug-likeness (QED) is 0.412. The molecule has 0 aliphatic heterocycles. The van der Waals surface area contributed by atoms with Gasteiger partial charge in [-0.2, -0.15) is 0 Å². The Kier molecular flexibility index (Phi) is 9.47. The van der Waals surface area contributed by atoms with Crippen molar-refractivity contribution in [2.24, 2.45) is 0 Å². The van der Waals surface area contributed by atoms with E-state index in [4.69, 9.17) is 0 Å². The van der Waals surface area contributed by atoms with Gasteiger partial charge in [-0.15, -0.1) is 0 Å². The first-order valence-corrected chi connectivity index (χ1v) is 13.8. The van der Waals surface area contributed by atoms with Crippen molar-refractivity contribution in [2.75, 3.05) is 24.4 Å². The van der Waals surface area contributed by atoms with Gasteiger partial charge < -0.3 is 10.2 Å². The zero-order valence-electron chi connectivity index (χ0n) is 21.8. The highest BCUT2D eigenvalue weighted by molar-refractivity contribution is 7.92. The van der Waals surface area contributed by atoms with Crippen LogP contribution in [0.4, 0.5) is 5.69 Å². The summed E-state index contributed by atoms with van der Waals surface area (Å²) in [6.07, 6.45) is 0.935. The minimum absolute atomic E-state index is 0.0944. The van der Waals surface area contributed by atoms with E-state index in [1.165, 1.54) is 24.1 Å². The summed E-state index contributed by atoms with van der Waals surface area (Å²) in [7, 11) is -2.52. The molecule has 0 aliphatic carbocycles. The third-order valence-electron chi connectivity index (χ3n) is 6.35. The second kappa shape index (κ2) is 12.5. The van der Waals surface area contributed by atoms with Crippen LogP contribution in [0.3, 0.4) is 0 Å². The van der Waals surface area contributed by atoms with Crippen molar-refractivity contribution < 1.29 is 18.0 Å². The van der Waals surface area contributed by atoms with Gasteiger partial charge >= 0.3 is 0 Å². The van der Waals surface area contributed by atoms with E-state index in [1.54, 1.807) is 24.3 Å². The molecule has 0 saturated carbocycles. The number of benzene rings is 3. The molecule has 0 radical (unpaired) electrons. The molecule has 2 amide bonds. The van der Waals surface area contributed by atoms with Crippen LogP contribution in [0.1, 0.15) is 30.0 Å². The SMILES string of the molecule is CC[C@H](C(=O)NC)N(CCc1ccccc1)C(=O)CN(c1ccc(C)cc1C)S(=O)(=O)c1ccccc1. The van der Waals surface area contributed by atoms with Gasteiger partial charge in [-0.1, -0.05) is 73.2 Å². The van der Waals surface area contributed by atoms with E-state index in [9.17, 15) is 18.0 Å². The smallest absolute Gasteiger partial charge is 0.264 e. The maximum Gasteiger partial charge on any atom is 0.264 e. The molecule has 7 nitrogen and oxygen atoms in total. The summed E-state index contributed by atoms with van der Waals surface area (Å²) in [5.74, 6) is -0.723. The summed E-state index contributed by atoms with van der Waals surface area (Å²) < 4.78 is 28.8. The highest BCUT2D eigenvalue weighted by Gasteiger charge is 2.33. The molecular weight excluding hydrogens is 486 g/mol. The molecule has 8 heteroatoms. The summed E-state index contributed by atoms with van der Waals surface area (Å²) in [5.41, 5.74) is 3.18. The van der Waals surface area contributed by atoms with E-state index in [2.05, 4.69) is 5.32 Å². The molecule has 0 heterocycles. The van der Waals surface area contributed by atoms with Gasteiger partial charge in [-0.05, 0) is 56.0 Å². The Bertz CT molecular complexity index is 1310. The highest BCUT2D eigenvalue weighted by Crippen LogP contribution is 2.28. The van der Waals surface area contributed by atoms with Gasteiger partial charge in [-0.3, -0.25) is 13.9 Å². The fourth-order valence-electron chi connectivity index (χ4n) is 4.38. The van der Waals surface area contributed by atoms with Gasteiger partial charge in [0.2, 0.25) is 11.8 Å². The first kappa shape index (κ1) is 27.9. The normalized spacial score (nSPS) is 12.0. The third kappa shape index (κ3) is 6.77. The Morgan fingerprint density at radius 1 is 0.919 bits per heavy atom. The molecule has 0 spiro atoms. The van der Waals surface area contributed by atoms with Crippen molar-refractivity contribution in [2.45, 2.75) is 44.6 Å². The maximum atomic E-state index is 13.9. The number of rotatable bonds is 11. The number of nitrogens with zero attached hydrogens (tertiary/aromatic N) is 2. The lowest BCUT2D eigenvalue weighted by Crippen LogP contribution is -2.52. The van der Waals surface area contributed by atoms with Crippen LogP contribution in [-0.4, -0.2) is 51.3 Å². The van der Waals surface area contributed by atoms with E-state index in [1.807, 2.05) is 63.2 Å². The molecule has 3 aromatic rings. The fraction of sp³-hybridized carbons (Fsp3) is 0.310. The predicted octanol–water partition coefficient (Wildman–Crippen LogP) is 4.09. The van der Waals surface area contributed by atoms with Gasteiger partial charge in [0, 0.05) is 13.6 Å². The van der Waals surface area contributed by atoms with Crippen LogP contribution in [0, 0.1) is 13.8 Å². The molecule has 0 saturated heterocycles. The molecule has 0 fully saturated rings. The molecule has 1 atom stereocenters. The number of carbonyl (C=O) groups is 2. The van der Waals surface area contributed by atoms with Crippen LogP contribution in [0.2, 0.25) is 0 Å². The van der Waals surface area contributed by atoms with Crippen LogP contribution in [-0.2, 0) is 26.0 Å². The predicted molar refractivity (Wildman–Crippen MR) is 147 cm³/mol. The Labute approximate surface area is 220 Å². The van der Waals surface area contributed by atoms with Crippen LogP contribution in [0.25, 0.3) is 0 Å². The number of anilines is 1. The Morgan fingerprint density at radius 2 is 1.54 bits per heavy atom. The minimum Gasteiger partial charge on any atom is -0.357 e. The van der Waals surface area contributed by atoms with E-state index < -0.39 is 28.5 Å². The summed E-state index contributed by atoms with van der Waals surface area (Å²) in [6.45, 7) is 5.45. The standard InChI is InChI=1S/C29H35N3O4S/c1-5-26(29(34)30-4)31(19-18-24-12-8-6-9-13-24)28(33)21-32(27-17-16-22(2)20-23(27)3)37(35,36)25-14-10-7-11-15-25/h6-17,20,26H,5,18-19,21H2,1-4H3,(H,30,34)/t26-/m1/s1. The topological polar surface area (TPSA) is 86.8 Å². The maximum absolute atomic E-state index is 13.9. The Morgan fingerprint density at radius 3 is 2.11 bits per heavy atom. The lowest BCUT2D eigenvalue weighted by Gasteiger charge is -2.33. The van der Waals surface area contributed by atoms with Crippen LogP contribution in [0.5, 0.6) is 0 Å². The summed E-state index contributed by atoms with van der Waals surface area (Å²) in [5, 5.41) is 2.64. The minimum atomic E-state index is -4.06. The zero-order chi connectivity index (χ0) is 27.0.